The minimum Gasteiger partial charge on any atom is -0.296 e. The van der Waals surface area contributed by atoms with Gasteiger partial charge in [0.15, 0.2) is 4.84 Å². The number of hydrogen-bond acceptors (Lipinski definition) is 4. The molecule has 0 fully saturated rings. The van der Waals surface area contributed by atoms with Gasteiger partial charge < -0.3 is 0 Å². The number of hydrogen-bond donors (Lipinski definition) is 1. The lowest BCUT2D eigenvalue weighted by Crippen LogP contribution is -2.27. The van der Waals surface area contributed by atoms with Gasteiger partial charge in [-0.15, -0.1) is 0 Å². The highest BCUT2D eigenvalue weighted by Gasteiger charge is 2.25. The fraction of sp³-hybridized carbons (Fsp3) is 0.800. The number of aliphatic imine (C=N–C) groups is 1. The predicted octanol–water partition coefficient (Wildman–Crippen LogP) is 1.81. The second-order valence-electron chi connectivity index (χ2n) is 1.88. The van der Waals surface area contributed by atoms with Crippen molar-refractivity contribution in [2.24, 2.45) is 4.99 Å². The van der Waals surface area contributed by atoms with Gasteiger partial charge in [0.1, 0.15) is 5.84 Å². The van der Waals surface area contributed by atoms with Gasteiger partial charge in [-0.25, -0.2) is 4.57 Å². The zero-order valence-electron chi connectivity index (χ0n) is 7.45. The van der Waals surface area contributed by atoms with Crippen LogP contribution in [0, 0.1) is 0 Å². The van der Waals surface area contributed by atoms with Crippen LogP contribution in [0.15, 0.2) is 4.99 Å². The van der Waals surface area contributed by atoms with E-state index in [0.29, 0.717) is 0 Å². The summed E-state index contributed by atoms with van der Waals surface area (Å²) in [6, 6.07) is 0. The summed E-state index contributed by atoms with van der Waals surface area (Å²) in [7, 11) is 0.573. The summed E-state index contributed by atoms with van der Waals surface area (Å²) in [6.07, 6.45) is 0. The summed E-state index contributed by atoms with van der Waals surface area (Å²) >= 11 is 11.0. The second-order valence-corrected chi connectivity index (χ2v) is 4.93. The highest BCUT2D eigenvalue weighted by atomic mass is 35.5. The summed E-state index contributed by atoms with van der Waals surface area (Å²) in [5, 5.41) is 2.38. The Morgan fingerprint density at radius 3 is 2.15 bits per heavy atom. The molecule has 0 spiro atoms. The van der Waals surface area contributed by atoms with Gasteiger partial charge in [0, 0.05) is 21.3 Å². The minimum atomic E-state index is -3.36. The van der Waals surface area contributed by atoms with E-state index in [0.717, 1.165) is 0 Å². The van der Waals surface area contributed by atoms with Crippen LogP contribution in [-0.4, -0.2) is 31.9 Å². The molecule has 0 rings (SSSR count). The third-order valence-corrected chi connectivity index (χ3v) is 3.06. The predicted molar refractivity (Wildman–Crippen MR) is 53.6 cm³/mol. The molecular weight excluding hydrogens is 238 g/mol. The Hall–Kier alpha value is 0.200. The lowest BCUT2D eigenvalue weighted by molar-refractivity contribution is 0.271. The highest BCUT2D eigenvalue weighted by Crippen LogP contribution is 2.41. The summed E-state index contributed by atoms with van der Waals surface area (Å²) in [5.41, 5.74) is 0. The molecule has 0 aliphatic rings. The van der Waals surface area contributed by atoms with E-state index in [2.05, 4.69) is 19.1 Å². The summed E-state index contributed by atoms with van der Waals surface area (Å²) < 4.78 is 20.7. The van der Waals surface area contributed by atoms with Crippen LogP contribution in [0.1, 0.15) is 0 Å². The van der Waals surface area contributed by atoms with E-state index in [1.807, 2.05) is 0 Å². The van der Waals surface area contributed by atoms with Crippen molar-refractivity contribution < 1.29 is 13.6 Å². The monoisotopic (exact) mass is 248 g/mol. The van der Waals surface area contributed by atoms with Crippen LogP contribution in [0.2, 0.25) is 0 Å². The quantitative estimate of drug-likeness (QED) is 0.357. The molecule has 0 saturated carbocycles. The average Bonchev–Trinajstić information content (AvgIpc) is 2.13. The summed E-state index contributed by atoms with van der Waals surface area (Å²) in [5.74, 6) is 0.135. The molecule has 13 heavy (non-hydrogen) atoms. The molecule has 0 saturated heterocycles. The number of nitrogens with one attached hydrogen (secondary N) is 1. The molecular formula is C5H11Cl2N2O3P. The number of alkyl halides is 2. The van der Waals surface area contributed by atoms with Crippen LogP contribution in [0.3, 0.4) is 0 Å². The molecule has 0 amide bonds. The molecule has 5 nitrogen and oxygen atoms in total. The van der Waals surface area contributed by atoms with Crippen LogP contribution in [0.4, 0.5) is 0 Å². The second kappa shape index (κ2) is 5.83. The molecule has 0 atom stereocenters. The average molecular weight is 249 g/mol. The molecule has 0 aromatic carbocycles. The van der Waals surface area contributed by atoms with Gasteiger partial charge in [-0.2, -0.15) is 0 Å². The Bertz CT molecular complexity index is 226. The zero-order chi connectivity index (χ0) is 10.5. The Morgan fingerprint density at radius 2 is 1.92 bits per heavy atom. The normalized spacial score (nSPS) is 13.5. The Morgan fingerprint density at radius 1 is 1.46 bits per heavy atom. The van der Waals surface area contributed by atoms with Crippen molar-refractivity contribution in [3.8, 4) is 0 Å². The molecule has 0 aromatic heterocycles. The third kappa shape index (κ3) is 4.29. The van der Waals surface area contributed by atoms with Crippen molar-refractivity contribution >= 4 is 36.8 Å². The van der Waals surface area contributed by atoms with Crippen molar-refractivity contribution in [3.63, 3.8) is 0 Å². The van der Waals surface area contributed by atoms with Crippen LogP contribution in [-0.2, 0) is 13.6 Å². The lowest BCUT2D eigenvalue weighted by atomic mass is 10.7. The van der Waals surface area contributed by atoms with Gasteiger partial charge in [0.2, 0.25) is 0 Å². The van der Waals surface area contributed by atoms with Crippen molar-refractivity contribution in [1.29, 1.82) is 0 Å². The van der Waals surface area contributed by atoms with E-state index in [4.69, 9.17) is 23.2 Å². The van der Waals surface area contributed by atoms with Gasteiger partial charge in [-0.1, -0.05) is 23.2 Å². The SMILES string of the molecule is CN=C(NP(=O)(OC)OC)C(Cl)Cl. The first-order chi connectivity index (χ1) is 5.99. The van der Waals surface area contributed by atoms with Crippen molar-refractivity contribution in [2.75, 3.05) is 21.3 Å². The van der Waals surface area contributed by atoms with E-state index >= 15 is 0 Å². The standard InChI is InChI=1S/C5H11Cl2N2O3P/c1-8-5(4(6)7)9-13(10,11-2)12-3/h4H,1-3H3,(H,8,9,10). The largest absolute Gasteiger partial charge is 0.433 e. The summed E-state index contributed by atoms with van der Waals surface area (Å²) in [6.45, 7) is 0. The van der Waals surface area contributed by atoms with Crippen LogP contribution in [0.5, 0.6) is 0 Å². The molecule has 8 heteroatoms. The van der Waals surface area contributed by atoms with Crippen molar-refractivity contribution in [2.45, 2.75) is 4.84 Å². The minimum absolute atomic E-state index is 0.135. The van der Waals surface area contributed by atoms with Crippen molar-refractivity contribution in [1.82, 2.24) is 5.09 Å². The zero-order valence-corrected chi connectivity index (χ0v) is 9.86. The molecule has 1 N–H and O–H groups in total. The molecule has 0 aliphatic heterocycles. The van der Waals surface area contributed by atoms with E-state index < -0.39 is 12.6 Å². The first kappa shape index (κ1) is 13.2. The molecule has 0 unspecified atom stereocenters. The maximum atomic E-state index is 11.5. The Balaban J connectivity index is 4.48. The number of halogens is 2. The fourth-order valence-electron chi connectivity index (χ4n) is 0.503. The van der Waals surface area contributed by atoms with Gasteiger partial charge in [-0.05, 0) is 0 Å². The number of nitrogens with zero attached hydrogens (tertiary/aromatic N) is 1. The van der Waals surface area contributed by atoms with Gasteiger partial charge in [0.25, 0.3) is 0 Å². The molecule has 0 heterocycles. The Labute approximate surface area is 87.0 Å². The van der Waals surface area contributed by atoms with Gasteiger partial charge in [0.05, 0.1) is 0 Å². The van der Waals surface area contributed by atoms with E-state index in [-0.39, 0.29) is 5.84 Å². The first-order valence-corrected chi connectivity index (χ1v) is 5.65. The van der Waals surface area contributed by atoms with E-state index in [1.54, 1.807) is 0 Å². The van der Waals surface area contributed by atoms with Gasteiger partial charge >= 0.3 is 7.75 Å². The Kier molecular flexibility index (Phi) is 5.92. The molecule has 0 radical (unpaired) electrons. The smallest absolute Gasteiger partial charge is 0.296 e. The lowest BCUT2D eigenvalue weighted by Gasteiger charge is -2.17. The number of rotatable bonds is 4. The maximum absolute atomic E-state index is 11.5. The highest BCUT2D eigenvalue weighted by molar-refractivity contribution is 7.52. The fourth-order valence-corrected chi connectivity index (χ4v) is 1.80. The molecule has 78 valence electrons. The van der Waals surface area contributed by atoms with Gasteiger partial charge in [-0.3, -0.25) is 19.1 Å². The third-order valence-electron chi connectivity index (χ3n) is 1.18. The topological polar surface area (TPSA) is 59.9 Å². The van der Waals surface area contributed by atoms with Crippen molar-refractivity contribution in [3.05, 3.63) is 0 Å². The maximum Gasteiger partial charge on any atom is 0.433 e. The summed E-state index contributed by atoms with van der Waals surface area (Å²) in [4.78, 5) is 2.78. The van der Waals surface area contributed by atoms with Crippen LogP contribution >= 0.6 is 30.9 Å². The molecule has 0 bridgehead atoms. The van der Waals surface area contributed by atoms with E-state index in [1.165, 1.54) is 21.3 Å². The van der Waals surface area contributed by atoms with Crippen LogP contribution in [0.25, 0.3) is 0 Å². The number of amidine groups is 1. The van der Waals surface area contributed by atoms with E-state index in [9.17, 15) is 4.57 Å². The van der Waals surface area contributed by atoms with Crippen LogP contribution < -0.4 is 5.09 Å². The molecule has 0 aromatic rings. The molecule has 0 aliphatic carbocycles. The first-order valence-electron chi connectivity index (χ1n) is 3.23.